The fraction of sp³-hybridized carbons (Fsp3) is 0.462. The van der Waals surface area contributed by atoms with Crippen molar-refractivity contribution in [1.29, 1.82) is 0 Å². The summed E-state index contributed by atoms with van der Waals surface area (Å²) in [5.41, 5.74) is 1.52. The Bertz CT molecular complexity index is 358. The van der Waals surface area contributed by atoms with Crippen LogP contribution in [0.3, 0.4) is 0 Å². The van der Waals surface area contributed by atoms with Crippen molar-refractivity contribution >= 4 is 5.97 Å². The molecular formula is C13H18O4. The Morgan fingerprint density at radius 2 is 1.82 bits per heavy atom. The lowest BCUT2D eigenvalue weighted by atomic mass is 10.0. The summed E-state index contributed by atoms with van der Waals surface area (Å²) >= 11 is 0. The molecule has 1 N–H and O–H groups in total. The minimum atomic E-state index is -1.22. The second kappa shape index (κ2) is 6.37. The summed E-state index contributed by atoms with van der Waals surface area (Å²) in [6.07, 6.45) is -1.23. The average Bonchev–Trinajstić information content (AvgIpc) is 2.37. The highest BCUT2D eigenvalue weighted by Gasteiger charge is 2.18. The van der Waals surface area contributed by atoms with E-state index in [0.29, 0.717) is 5.56 Å². The molecular weight excluding hydrogens is 220 g/mol. The van der Waals surface area contributed by atoms with Crippen LogP contribution in [0.15, 0.2) is 24.3 Å². The van der Waals surface area contributed by atoms with E-state index in [1.165, 1.54) is 0 Å². The van der Waals surface area contributed by atoms with Gasteiger partial charge >= 0.3 is 5.97 Å². The standard InChI is InChI=1S/C13H18O4/c1-4-17-13(15)12(14)11-7-5-10(6-8-11)9(2)16-3/h5-9,12,14H,4H2,1-3H3. The molecule has 0 radical (unpaired) electrons. The quantitative estimate of drug-likeness (QED) is 0.797. The van der Waals surface area contributed by atoms with Crippen molar-refractivity contribution in [3.8, 4) is 0 Å². The third kappa shape index (κ3) is 3.54. The van der Waals surface area contributed by atoms with Gasteiger partial charge in [-0.2, -0.15) is 0 Å². The lowest BCUT2D eigenvalue weighted by Crippen LogP contribution is -2.15. The molecule has 17 heavy (non-hydrogen) atoms. The van der Waals surface area contributed by atoms with Gasteiger partial charge in [0.1, 0.15) is 0 Å². The number of aliphatic hydroxyl groups is 1. The third-order valence-electron chi connectivity index (χ3n) is 2.59. The second-order valence-electron chi connectivity index (χ2n) is 3.70. The van der Waals surface area contributed by atoms with Gasteiger partial charge in [0.25, 0.3) is 0 Å². The predicted octanol–water partition coefficient (Wildman–Crippen LogP) is 1.99. The number of benzene rings is 1. The number of ether oxygens (including phenoxy) is 2. The Hall–Kier alpha value is -1.39. The van der Waals surface area contributed by atoms with E-state index in [1.54, 1.807) is 26.2 Å². The normalized spacial score (nSPS) is 14.1. The maximum atomic E-state index is 11.3. The van der Waals surface area contributed by atoms with E-state index >= 15 is 0 Å². The smallest absolute Gasteiger partial charge is 0.339 e. The molecule has 1 rings (SSSR count). The summed E-state index contributed by atoms with van der Waals surface area (Å²) in [6, 6.07) is 7.05. The topological polar surface area (TPSA) is 55.8 Å². The zero-order chi connectivity index (χ0) is 12.8. The van der Waals surface area contributed by atoms with Crippen LogP contribution in [0.5, 0.6) is 0 Å². The second-order valence-corrected chi connectivity index (χ2v) is 3.70. The SMILES string of the molecule is CCOC(=O)C(O)c1ccc(C(C)OC)cc1. The number of hydrogen-bond donors (Lipinski definition) is 1. The first-order valence-electron chi connectivity index (χ1n) is 5.57. The van der Waals surface area contributed by atoms with Crippen LogP contribution >= 0.6 is 0 Å². The molecule has 1 aromatic carbocycles. The van der Waals surface area contributed by atoms with Crippen LogP contribution in [-0.2, 0) is 14.3 Å². The van der Waals surface area contributed by atoms with Crippen LogP contribution < -0.4 is 0 Å². The third-order valence-corrected chi connectivity index (χ3v) is 2.59. The maximum absolute atomic E-state index is 11.3. The Morgan fingerprint density at radius 1 is 1.29 bits per heavy atom. The molecule has 0 aliphatic rings. The number of esters is 1. The Kier molecular flexibility index (Phi) is 5.12. The first-order chi connectivity index (χ1) is 8.10. The molecule has 94 valence electrons. The molecule has 0 aliphatic heterocycles. The fourth-order valence-electron chi connectivity index (χ4n) is 1.44. The number of methoxy groups -OCH3 is 1. The van der Waals surface area contributed by atoms with E-state index < -0.39 is 12.1 Å². The van der Waals surface area contributed by atoms with Crippen LogP contribution in [0.2, 0.25) is 0 Å². The predicted molar refractivity (Wildman–Crippen MR) is 63.5 cm³/mol. The van der Waals surface area contributed by atoms with Gasteiger partial charge in [0.15, 0.2) is 6.10 Å². The van der Waals surface area contributed by atoms with Gasteiger partial charge in [0.2, 0.25) is 0 Å². The summed E-state index contributed by atoms with van der Waals surface area (Å²) < 4.78 is 9.91. The van der Waals surface area contributed by atoms with Crippen LogP contribution in [-0.4, -0.2) is 24.8 Å². The van der Waals surface area contributed by atoms with Gasteiger partial charge in [0.05, 0.1) is 12.7 Å². The zero-order valence-electron chi connectivity index (χ0n) is 10.3. The molecule has 0 bridgehead atoms. The zero-order valence-corrected chi connectivity index (χ0v) is 10.3. The highest BCUT2D eigenvalue weighted by molar-refractivity contribution is 5.76. The molecule has 0 spiro atoms. The summed E-state index contributed by atoms with van der Waals surface area (Å²) in [5.74, 6) is -0.625. The summed E-state index contributed by atoms with van der Waals surface area (Å²) in [5, 5.41) is 9.70. The van der Waals surface area contributed by atoms with Gasteiger partial charge in [0, 0.05) is 7.11 Å². The first kappa shape index (κ1) is 13.7. The molecule has 4 heteroatoms. The van der Waals surface area contributed by atoms with Gasteiger partial charge in [-0.3, -0.25) is 0 Å². The molecule has 0 aliphatic carbocycles. The van der Waals surface area contributed by atoms with Crippen molar-refractivity contribution < 1.29 is 19.4 Å². The number of rotatable bonds is 5. The lowest BCUT2D eigenvalue weighted by Gasteiger charge is -2.13. The van der Waals surface area contributed by atoms with Gasteiger partial charge < -0.3 is 14.6 Å². The molecule has 4 nitrogen and oxygen atoms in total. The highest BCUT2D eigenvalue weighted by atomic mass is 16.5. The summed E-state index contributed by atoms with van der Waals surface area (Å²) in [7, 11) is 1.63. The van der Waals surface area contributed by atoms with E-state index in [2.05, 4.69) is 0 Å². The molecule has 0 amide bonds. The van der Waals surface area contributed by atoms with E-state index in [9.17, 15) is 9.90 Å². The Balaban J connectivity index is 2.76. The van der Waals surface area contributed by atoms with Gasteiger partial charge in [-0.05, 0) is 25.0 Å². The molecule has 0 fully saturated rings. The Morgan fingerprint density at radius 3 is 2.29 bits per heavy atom. The van der Waals surface area contributed by atoms with E-state index in [0.717, 1.165) is 5.56 Å². The first-order valence-corrected chi connectivity index (χ1v) is 5.57. The average molecular weight is 238 g/mol. The number of aliphatic hydroxyl groups excluding tert-OH is 1. The molecule has 0 heterocycles. The van der Waals surface area contributed by atoms with Crippen LogP contribution in [0.1, 0.15) is 37.2 Å². The van der Waals surface area contributed by atoms with Crippen LogP contribution in [0.4, 0.5) is 0 Å². The fourth-order valence-corrected chi connectivity index (χ4v) is 1.44. The molecule has 2 unspecified atom stereocenters. The van der Waals surface area contributed by atoms with E-state index in [4.69, 9.17) is 9.47 Å². The minimum Gasteiger partial charge on any atom is -0.464 e. The van der Waals surface area contributed by atoms with Crippen molar-refractivity contribution in [2.24, 2.45) is 0 Å². The van der Waals surface area contributed by atoms with E-state index in [1.807, 2.05) is 19.1 Å². The van der Waals surface area contributed by atoms with Crippen molar-refractivity contribution in [3.05, 3.63) is 35.4 Å². The minimum absolute atomic E-state index is 0.0104. The van der Waals surface area contributed by atoms with Crippen molar-refractivity contribution in [3.63, 3.8) is 0 Å². The largest absolute Gasteiger partial charge is 0.464 e. The maximum Gasteiger partial charge on any atom is 0.339 e. The molecule has 0 saturated carbocycles. The van der Waals surface area contributed by atoms with Gasteiger partial charge in [-0.1, -0.05) is 24.3 Å². The van der Waals surface area contributed by atoms with Crippen LogP contribution in [0, 0.1) is 0 Å². The highest BCUT2D eigenvalue weighted by Crippen LogP contribution is 2.20. The monoisotopic (exact) mass is 238 g/mol. The number of hydrogen-bond acceptors (Lipinski definition) is 4. The molecule has 2 atom stereocenters. The molecule has 0 saturated heterocycles. The summed E-state index contributed by atoms with van der Waals surface area (Å²) in [6.45, 7) is 3.89. The molecule has 1 aromatic rings. The molecule has 0 aromatic heterocycles. The van der Waals surface area contributed by atoms with E-state index in [-0.39, 0.29) is 12.7 Å². The van der Waals surface area contributed by atoms with Crippen molar-refractivity contribution in [1.82, 2.24) is 0 Å². The Labute approximate surface area is 101 Å². The summed E-state index contributed by atoms with van der Waals surface area (Å²) in [4.78, 5) is 11.3. The van der Waals surface area contributed by atoms with Crippen molar-refractivity contribution in [2.75, 3.05) is 13.7 Å². The number of carbonyl (C=O) groups excluding carboxylic acids is 1. The van der Waals surface area contributed by atoms with Gasteiger partial charge in [-0.15, -0.1) is 0 Å². The van der Waals surface area contributed by atoms with Gasteiger partial charge in [-0.25, -0.2) is 4.79 Å². The van der Waals surface area contributed by atoms with Crippen LogP contribution in [0.25, 0.3) is 0 Å². The van der Waals surface area contributed by atoms with Crippen molar-refractivity contribution in [2.45, 2.75) is 26.1 Å². The number of carbonyl (C=O) groups is 1. The lowest BCUT2D eigenvalue weighted by molar-refractivity contribution is -0.153.